The van der Waals surface area contributed by atoms with E-state index in [1.807, 2.05) is 49.5 Å². The van der Waals surface area contributed by atoms with Gasteiger partial charge in [0.25, 0.3) is 5.89 Å². The van der Waals surface area contributed by atoms with Crippen LogP contribution in [0.4, 0.5) is 5.82 Å². The van der Waals surface area contributed by atoms with Crippen molar-refractivity contribution in [1.82, 2.24) is 29.9 Å². The van der Waals surface area contributed by atoms with Gasteiger partial charge >= 0.3 is 0 Å². The minimum absolute atomic E-state index is 0.419. The van der Waals surface area contributed by atoms with E-state index in [1.54, 1.807) is 0 Å². The number of hydrogen-bond donors (Lipinski definition) is 1. The van der Waals surface area contributed by atoms with Crippen molar-refractivity contribution in [2.75, 3.05) is 5.32 Å². The van der Waals surface area contributed by atoms with Crippen molar-refractivity contribution in [1.29, 1.82) is 0 Å². The van der Waals surface area contributed by atoms with Crippen LogP contribution in [0.1, 0.15) is 30.4 Å². The van der Waals surface area contributed by atoms with Crippen LogP contribution in [0.15, 0.2) is 53.1 Å². The second kappa shape index (κ2) is 6.62. The van der Waals surface area contributed by atoms with Crippen molar-refractivity contribution in [2.45, 2.75) is 25.3 Å². The smallest absolute Gasteiger partial charge is 0.279 e. The fourth-order valence-corrected chi connectivity index (χ4v) is 3.75. The largest absolute Gasteiger partial charge is 0.361 e. The molecule has 1 aliphatic carbocycles. The number of hydrogen-bond acceptors (Lipinski definition) is 7. The number of rotatable bonds is 5. The van der Waals surface area contributed by atoms with Crippen LogP contribution in [0.3, 0.4) is 0 Å². The number of nitrogens with zero attached hydrogens (tertiary/aromatic N) is 6. The average molecular weight is 397 g/mol. The topological polar surface area (TPSA) is 94.6 Å². The van der Waals surface area contributed by atoms with Crippen LogP contribution >= 0.6 is 0 Å². The highest BCUT2D eigenvalue weighted by Gasteiger charge is 2.29. The molecule has 0 saturated heterocycles. The Morgan fingerprint density at radius 1 is 1.00 bits per heavy atom. The summed E-state index contributed by atoms with van der Waals surface area (Å²) in [5.74, 6) is 3.24. The number of imidazole rings is 1. The first-order valence-electron chi connectivity index (χ1n) is 10.0. The monoisotopic (exact) mass is 397 g/mol. The van der Waals surface area contributed by atoms with Crippen LogP contribution < -0.4 is 5.32 Å². The van der Waals surface area contributed by atoms with Crippen LogP contribution in [0.2, 0.25) is 0 Å². The molecule has 0 atom stereocenters. The molecule has 0 aliphatic heterocycles. The van der Waals surface area contributed by atoms with E-state index < -0.39 is 0 Å². The number of para-hydroxylation sites is 2. The van der Waals surface area contributed by atoms with Gasteiger partial charge in [0.1, 0.15) is 5.82 Å². The van der Waals surface area contributed by atoms with Crippen molar-refractivity contribution in [3.63, 3.8) is 0 Å². The first-order valence-corrected chi connectivity index (χ1v) is 10.0. The SMILES string of the molecule is Cn1c(CNc2nnc(-c3nc(C4CC4)no3)c3ccccc23)nc2ccccc21. The second-order valence-electron chi connectivity index (χ2n) is 7.60. The standard InChI is InChI=1S/C22H19N7O/c1-29-17-9-5-4-8-16(17)24-18(29)12-23-21-15-7-3-2-6-14(15)19(26-27-21)22-25-20(28-30-22)13-10-11-13/h2-9,13H,10-12H2,1H3,(H,23,27). The zero-order valence-corrected chi connectivity index (χ0v) is 16.4. The molecule has 3 heterocycles. The maximum Gasteiger partial charge on any atom is 0.279 e. The van der Waals surface area contributed by atoms with Crippen LogP contribution in [0.25, 0.3) is 33.4 Å². The summed E-state index contributed by atoms with van der Waals surface area (Å²) in [4.78, 5) is 9.25. The molecular weight excluding hydrogens is 378 g/mol. The molecular formula is C22H19N7O. The molecule has 5 aromatic rings. The van der Waals surface area contributed by atoms with Crippen LogP contribution in [0, 0.1) is 0 Å². The molecule has 3 aromatic heterocycles. The zero-order chi connectivity index (χ0) is 20.1. The predicted octanol–water partition coefficient (Wildman–Crippen LogP) is 4.06. The molecule has 0 unspecified atom stereocenters. The molecule has 148 valence electrons. The number of anilines is 1. The first kappa shape index (κ1) is 17.1. The van der Waals surface area contributed by atoms with Gasteiger partial charge in [-0.2, -0.15) is 4.98 Å². The van der Waals surface area contributed by atoms with Gasteiger partial charge in [-0.3, -0.25) is 0 Å². The molecule has 6 rings (SSSR count). The Morgan fingerprint density at radius 2 is 1.80 bits per heavy atom. The minimum atomic E-state index is 0.419. The molecule has 0 radical (unpaired) electrons. The molecule has 1 N–H and O–H groups in total. The summed E-state index contributed by atoms with van der Waals surface area (Å²) in [6.07, 6.45) is 2.24. The Labute approximate surface area is 172 Å². The lowest BCUT2D eigenvalue weighted by Crippen LogP contribution is -2.08. The first-order chi connectivity index (χ1) is 14.8. The maximum absolute atomic E-state index is 5.48. The molecule has 1 fully saturated rings. The molecule has 8 heteroatoms. The Morgan fingerprint density at radius 3 is 2.63 bits per heavy atom. The summed E-state index contributed by atoms with van der Waals surface area (Å²) < 4.78 is 7.57. The number of fused-ring (bicyclic) bond motifs is 2. The van der Waals surface area contributed by atoms with Crippen LogP contribution in [-0.4, -0.2) is 29.9 Å². The summed E-state index contributed by atoms with van der Waals surface area (Å²) in [7, 11) is 2.02. The van der Waals surface area contributed by atoms with Gasteiger partial charge in [0.2, 0.25) is 0 Å². The lowest BCUT2D eigenvalue weighted by Gasteiger charge is -2.09. The summed E-state index contributed by atoms with van der Waals surface area (Å²) >= 11 is 0. The van der Waals surface area contributed by atoms with Gasteiger partial charge in [-0.15, -0.1) is 10.2 Å². The highest BCUT2D eigenvalue weighted by atomic mass is 16.5. The average Bonchev–Trinajstić information content (AvgIpc) is 3.44. The Bertz CT molecular complexity index is 1380. The van der Waals surface area contributed by atoms with Crippen LogP contribution in [-0.2, 0) is 13.6 Å². The Balaban J connectivity index is 1.35. The van der Waals surface area contributed by atoms with Gasteiger partial charge in [0.05, 0.1) is 17.6 Å². The predicted molar refractivity (Wildman–Crippen MR) is 113 cm³/mol. The molecule has 1 saturated carbocycles. The fourth-order valence-electron chi connectivity index (χ4n) is 3.75. The van der Waals surface area contributed by atoms with Gasteiger partial charge < -0.3 is 14.4 Å². The van der Waals surface area contributed by atoms with Crippen molar-refractivity contribution in [3.8, 4) is 11.6 Å². The van der Waals surface area contributed by atoms with Crippen molar-refractivity contribution in [3.05, 3.63) is 60.2 Å². The third-order valence-corrected chi connectivity index (χ3v) is 5.57. The Kier molecular flexibility index (Phi) is 3.77. The fraction of sp³-hybridized carbons (Fsp3) is 0.227. The highest BCUT2D eigenvalue weighted by molar-refractivity contribution is 5.98. The van der Waals surface area contributed by atoms with E-state index in [4.69, 9.17) is 9.51 Å². The minimum Gasteiger partial charge on any atom is -0.361 e. The highest BCUT2D eigenvalue weighted by Crippen LogP contribution is 2.39. The zero-order valence-electron chi connectivity index (χ0n) is 16.4. The summed E-state index contributed by atoms with van der Waals surface area (Å²) in [5.41, 5.74) is 2.69. The van der Waals surface area contributed by atoms with Crippen molar-refractivity contribution >= 4 is 27.6 Å². The number of benzene rings is 2. The third-order valence-electron chi connectivity index (χ3n) is 5.57. The third kappa shape index (κ3) is 2.80. The van der Waals surface area contributed by atoms with Gasteiger partial charge in [0, 0.05) is 23.7 Å². The van der Waals surface area contributed by atoms with E-state index in [-0.39, 0.29) is 0 Å². The quantitative estimate of drug-likeness (QED) is 0.478. The lowest BCUT2D eigenvalue weighted by atomic mass is 10.1. The molecule has 0 amide bonds. The summed E-state index contributed by atoms with van der Waals surface area (Å²) in [6, 6.07) is 16.1. The van der Waals surface area contributed by atoms with E-state index in [1.165, 1.54) is 0 Å². The summed E-state index contributed by atoms with van der Waals surface area (Å²) in [5, 5.41) is 18.2. The molecule has 1 aliphatic rings. The molecule has 0 bridgehead atoms. The normalized spacial score (nSPS) is 13.9. The lowest BCUT2D eigenvalue weighted by molar-refractivity contribution is 0.421. The van der Waals surface area contributed by atoms with Gasteiger partial charge in [0.15, 0.2) is 17.3 Å². The van der Waals surface area contributed by atoms with E-state index in [9.17, 15) is 0 Å². The molecule has 2 aromatic carbocycles. The molecule has 8 nitrogen and oxygen atoms in total. The van der Waals surface area contributed by atoms with Gasteiger partial charge in [-0.05, 0) is 25.0 Å². The number of aryl methyl sites for hydroxylation is 1. The van der Waals surface area contributed by atoms with E-state index >= 15 is 0 Å². The van der Waals surface area contributed by atoms with Gasteiger partial charge in [-0.25, -0.2) is 4.98 Å². The van der Waals surface area contributed by atoms with Gasteiger partial charge in [-0.1, -0.05) is 41.6 Å². The Hall–Kier alpha value is -3.81. The van der Waals surface area contributed by atoms with Crippen LogP contribution in [0.5, 0.6) is 0 Å². The van der Waals surface area contributed by atoms with E-state index in [0.717, 1.165) is 46.3 Å². The van der Waals surface area contributed by atoms with E-state index in [2.05, 4.69) is 36.3 Å². The second-order valence-corrected chi connectivity index (χ2v) is 7.60. The van der Waals surface area contributed by atoms with E-state index in [0.29, 0.717) is 29.9 Å². The van der Waals surface area contributed by atoms with Crippen molar-refractivity contribution < 1.29 is 4.52 Å². The molecule has 0 spiro atoms. The van der Waals surface area contributed by atoms with Crippen molar-refractivity contribution in [2.24, 2.45) is 7.05 Å². The molecule has 30 heavy (non-hydrogen) atoms. The number of nitrogens with one attached hydrogen (secondary N) is 1. The number of aromatic nitrogens is 6. The summed E-state index contributed by atoms with van der Waals surface area (Å²) in [6.45, 7) is 0.537. The maximum atomic E-state index is 5.48.